The van der Waals surface area contributed by atoms with Gasteiger partial charge >= 0.3 is 0 Å². The van der Waals surface area contributed by atoms with Gasteiger partial charge < -0.3 is 10.1 Å². The Balaban J connectivity index is 1.69. The van der Waals surface area contributed by atoms with E-state index < -0.39 is 0 Å². The highest BCUT2D eigenvalue weighted by atomic mass is 16.5. The second-order valence-corrected chi connectivity index (χ2v) is 4.36. The third-order valence-corrected chi connectivity index (χ3v) is 3.06. The van der Waals surface area contributed by atoms with Gasteiger partial charge in [0.25, 0.3) is 0 Å². The van der Waals surface area contributed by atoms with E-state index in [2.05, 4.69) is 5.32 Å². The summed E-state index contributed by atoms with van der Waals surface area (Å²) < 4.78 is 5.71. The molecule has 0 unspecified atom stereocenters. The average Bonchev–Trinajstić information content (AvgIpc) is 2.41. The minimum Gasteiger partial charge on any atom is -0.378 e. The Bertz CT molecular complexity index is 344. The van der Waals surface area contributed by atoms with E-state index in [9.17, 15) is 4.79 Å². The number of benzene rings is 1. The number of hydrogen-bond donors (Lipinski definition) is 1. The summed E-state index contributed by atoms with van der Waals surface area (Å²) in [6, 6.07) is 9.41. The van der Waals surface area contributed by atoms with Crippen LogP contribution in [0.1, 0.15) is 29.6 Å². The summed E-state index contributed by atoms with van der Waals surface area (Å²) in [5.41, 5.74) is 0.779. The number of ketones is 1. The van der Waals surface area contributed by atoms with Gasteiger partial charge in [0.1, 0.15) is 0 Å². The molecular formula is C14H19NO2. The fraction of sp³-hybridized carbons (Fsp3) is 0.500. The van der Waals surface area contributed by atoms with Gasteiger partial charge in [0.05, 0.1) is 12.7 Å². The number of Topliss-reactive ketones (excluding diaryl/α,β-unsaturated/α-hetero) is 1. The van der Waals surface area contributed by atoms with E-state index in [0.717, 1.165) is 31.5 Å². The molecule has 0 saturated carbocycles. The fourth-order valence-corrected chi connectivity index (χ4v) is 2.05. The highest BCUT2D eigenvalue weighted by molar-refractivity contribution is 5.96. The van der Waals surface area contributed by atoms with Crippen LogP contribution in [0.4, 0.5) is 0 Å². The van der Waals surface area contributed by atoms with E-state index in [0.29, 0.717) is 19.1 Å². The molecule has 1 aromatic rings. The van der Waals surface area contributed by atoms with Gasteiger partial charge in [0.15, 0.2) is 5.78 Å². The number of piperidine rings is 1. The zero-order valence-electron chi connectivity index (χ0n) is 10.0. The third-order valence-electron chi connectivity index (χ3n) is 3.06. The molecule has 0 amide bonds. The normalized spacial score (nSPS) is 16.9. The number of carbonyl (C=O) groups is 1. The van der Waals surface area contributed by atoms with Crippen LogP contribution in [0, 0.1) is 0 Å². The fourth-order valence-electron chi connectivity index (χ4n) is 2.05. The molecule has 17 heavy (non-hydrogen) atoms. The minimum absolute atomic E-state index is 0.166. The molecule has 1 saturated heterocycles. The van der Waals surface area contributed by atoms with Crippen LogP contribution in [0.2, 0.25) is 0 Å². The van der Waals surface area contributed by atoms with Crippen molar-refractivity contribution < 1.29 is 9.53 Å². The Morgan fingerprint density at radius 3 is 2.65 bits per heavy atom. The number of carbonyl (C=O) groups excluding carboxylic acids is 1. The van der Waals surface area contributed by atoms with Crippen molar-refractivity contribution in [2.24, 2.45) is 0 Å². The molecule has 3 nitrogen and oxygen atoms in total. The van der Waals surface area contributed by atoms with Crippen LogP contribution in [0.5, 0.6) is 0 Å². The molecule has 92 valence electrons. The van der Waals surface area contributed by atoms with Crippen molar-refractivity contribution in [2.45, 2.75) is 25.4 Å². The van der Waals surface area contributed by atoms with Crippen molar-refractivity contribution in [3.8, 4) is 0 Å². The molecule has 0 aromatic heterocycles. The minimum atomic E-state index is 0.166. The summed E-state index contributed by atoms with van der Waals surface area (Å²) in [5.74, 6) is 0.166. The van der Waals surface area contributed by atoms with Crippen molar-refractivity contribution in [3.63, 3.8) is 0 Å². The van der Waals surface area contributed by atoms with E-state index in [1.165, 1.54) is 0 Å². The summed E-state index contributed by atoms with van der Waals surface area (Å²) in [4.78, 5) is 11.8. The third kappa shape index (κ3) is 3.95. The van der Waals surface area contributed by atoms with Crippen molar-refractivity contribution in [3.05, 3.63) is 35.9 Å². The first-order valence-electron chi connectivity index (χ1n) is 6.27. The number of rotatable bonds is 5. The molecule has 0 aliphatic carbocycles. The highest BCUT2D eigenvalue weighted by Crippen LogP contribution is 2.09. The van der Waals surface area contributed by atoms with Crippen molar-refractivity contribution in [2.75, 3.05) is 19.7 Å². The first-order chi connectivity index (χ1) is 8.36. The van der Waals surface area contributed by atoms with E-state index in [1.807, 2.05) is 30.3 Å². The number of hydrogen-bond acceptors (Lipinski definition) is 3. The first kappa shape index (κ1) is 12.3. The summed E-state index contributed by atoms with van der Waals surface area (Å²) >= 11 is 0. The standard InChI is InChI=1S/C14H19NO2/c16-14(12-4-2-1-3-5-12)8-11-17-13-6-9-15-10-7-13/h1-5,13,15H,6-11H2. The molecule has 2 rings (SSSR count). The Morgan fingerprint density at radius 1 is 1.24 bits per heavy atom. The largest absolute Gasteiger partial charge is 0.378 e. The number of ether oxygens (including phenoxy) is 1. The topological polar surface area (TPSA) is 38.3 Å². The molecule has 0 atom stereocenters. The maximum atomic E-state index is 11.8. The average molecular weight is 233 g/mol. The lowest BCUT2D eigenvalue weighted by Crippen LogP contribution is -2.32. The zero-order valence-corrected chi connectivity index (χ0v) is 10.0. The van der Waals surface area contributed by atoms with Gasteiger partial charge in [-0.25, -0.2) is 0 Å². The zero-order chi connectivity index (χ0) is 11.9. The maximum absolute atomic E-state index is 11.8. The Morgan fingerprint density at radius 2 is 1.94 bits per heavy atom. The lowest BCUT2D eigenvalue weighted by molar-refractivity contribution is 0.0313. The summed E-state index contributed by atoms with van der Waals surface area (Å²) in [7, 11) is 0. The van der Waals surface area contributed by atoms with E-state index in [4.69, 9.17) is 4.74 Å². The summed E-state index contributed by atoms with van der Waals surface area (Å²) in [5, 5.41) is 3.29. The van der Waals surface area contributed by atoms with Crippen LogP contribution in [0.25, 0.3) is 0 Å². The lowest BCUT2D eigenvalue weighted by atomic mass is 10.1. The van der Waals surface area contributed by atoms with Crippen LogP contribution in [-0.4, -0.2) is 31.6 Å². The predicted octanol–water partition coefficient (Wildman–Crippen LogP) is 2.03. The molecule has 1 N–H and O–H groups in total. The molecule has 1 fully saturated rings. The number of nitrogens with one attached hydrogen (secondary N) is 1. The van der Waals surface area contributed by atoms with E-state index in [-0.39, 0.29) is 5.78 Å². The molecule has 1 aliphatic heterocycles. The molecule has 3 heteroatoms. The van der Waals surface area contributed by atoms with Crippen molar-refractivity contribution in [1.29, 1.82) is 0 Å². The highest BCUT2D eigenvalue weighted by Gasteiger charge is 2.13. The van der Waals surface area contributed by atoms with Crippen LogP contribution in [0.15, 0.2) is 30.3 Å². The van der Waals surface area contributed by atoms with Gasteiger partial charge in [0, 0.05) is 12.0 Å². The maximum Gasteiger partial charge on any atom is 0.165 e. The lowest BCUT2D eigenvalue weighted by Gasteiger charge is -2.22. The Labute approximate surface area is 102 Å². The van der Waals surface area contributed by atoms with E-state index in [1.54, 1.807) is 0 Å². The van der Waals surface area contributed by atoms with Gasteiger partial charge in [-0.15, -0.1) is 0 Å². The SMILES string of the molecule is O=C(CCOC1CCNCC1)c1ccccc1. The summed E-state index contributed by atoms with van der Waals surface area (Å²) in [6.45, 7) is 2.59. The van der Waals surface area contributed by atoms with Crippen LogP contribution in [-0.2, 0) is 4.74 Å². The quantitative estimate of drug-likeness (QED) is 0.791. The Hall–Kier alpha value is -1.19. The molecule has 1 heterocycles. The summed E-state index contributed by atoms with van der Waals surface area (Å²) in [6.07, 6.45) is 2.92. The first-order valence-corrected chi connectivity index (χ1v) is 6.27. The second-order valence-electron chi connectivity index (χ2n) is 4.36. The Kier molecular flexibility index (Phi) is 4.71. The molecule has 0 spiro atoms. The van der Waals surface area contributed by atoms with Crippen molar-refractivity contribution >= 4 is 5.78 Å². The predicted molar refractivity (Wildman–Crippen MR) is 67.2 cm³/mol. The van der Waals surface area contributed by atoms with Crippen LogP contribution in [0.3, 0.4) is 0 Å². The van der Waals surface area contributed by atoms with Gasteiger partial charge in [-0.05, 0) is 25.9 Å². The van der Waals surface area contributed by atoms with Gasteiger partial charge in [-0.1, -0.05) is 30.3 Å². The van der Waals surface area contributed by atoms with Gasteiger partial charge in [0.2, 0.25) is 0 Å². The monoisotopic (exact) mass is 233 g/mol. The molecule has 1 aromatic carbocycles. The second kappa shape index (κ2) is 6.52. The van der Waals surface area contributed by atoms with E-state index >= 15 is 0 Å². The molecule has 1 aliphatic rings. The van der Waals surface area contributed by atoms with Gasteiger partial charge in [-0.3, -0.25) is 4.79 Å². The molecule has 0 radical (unpaired) electrons. The van der Waals surface area contributed by atoms with Crippen molar-refractivity contribution in [1.82, 2.24) is 5.32 Å². The van der Waals surface area contributed by atoms with Crippen LogP contribution >= 0.6 is 0 Å². The van der Waals surface area contributed by atoms with Crippen LogP contribution < -0.4 is 5.32 Å². The molecule has 0 bridgehead atoms. The molecular weight excluding hydrogens is 214 g/mol. The smallest absolute Gasteiger partial charge is 0.165 e. The van der Waals surface area contributed by atoms with Gasteiger partial charge in [-0.2, -0.15) is 0 Å².